The molecule has 2 saturated carbocycles. The van der Waals surface area contributed by atoms with Crippen molar-refractivity contribution in [3.8, 4) is 0 Å². The molecule has 202 valence electrons. The molecule has 9 nitrogen and oxygen atoms in total. The summed E-state index contributed by atoms with van der Waals surface area (Å²) in [6, 6.07) is -1.98. The maximum atomic E-state index is 13.9. The number of primary amides is 1. The van der Waals surface area contributed by atoms with Crippen LogP contribution in [0, 0.1) is 11.8 Å². The highest BCUT2D eigenvalue weighted by Gasteiger charge is 2.40. The number of amides is 4. The summed E-state index contributed by atoms with van der Waals surface area (Å²) in [5.74, 6) is -1.22. The highest BCUT2D eigenvalue weighted by Crippen LogP contribution is 2.32. The van der Waals surface area contributed by atoms with Crippen LogP contribution in [-0.4, -0.2) is 58.7 Å². The Morgan fingerprint density at radius 2 is 1.61 bits per heavy atom. The lowest BCUT2D eigenvalue weighted by atomic mass is 9.80. The molecular weight excluding hydrogens is 458 g/mol. The Morgan fingerprint density at radius 1 is 0.944 bits per heavy atom. The predicted molar refractivity (Wildman–Crippen MR) is 139 cm³/mol. The monoisotopic (exact) mass is 503 g/mol. The number of hydrogen-bond donors (Lipinski definition) is 4. The molecule has 1 heterocycles. The van der Waals surface area contributed by atoms with Gasteiger partial charge in [0.15, 0.2) is 0 Å². The van der Waals surface area contributed by atoms with Crippen molar-refractivity contribution < 1.29 is 19.2 Å². The van der Waals surface area contributed by atoms with E-state index < -0.39 is 29.3 Å². The number of Topliss-reactive ketones (excluding diaryl/α,β-unsaturated/α-hetero) is 1. The third kappa shape index (κ3) is 7.46. The molecule has 3 atom stereocenters. The molecule has 3 rings (SSSR count). The molecule has 36 heavy (non-hydrogen) atoms. The van der Waals surface area contributed by atoms with Gasteiger partial charge in [0.05, 0.1) is 12.1 Å². The minimum Gasteiger partial charge on any atom is -0.377 e. The highest BCUT2D eigenvalue weighted by molar-refractivity contribution is 6.37. The van der Waals surface area contributed by atoms with Gasteiger partial charge in [-0.15, -0.1) is 0 Å². The molecule has 0 aromatic rings. The molecule has 5 N–H and O–H groups in total. The summed E-state index contributed by atoms with van der Waals surface area (Å²) in [5, 5.41) is 9.08. The molecule has 4 amide bonds. The lowest BCUT2D eigenvalue weighted by Gasteiger charge is -2.37. The average molecular weight is 504 g/mol. The van der Waals surface area contributed by atoms with Gasteiger partial charge in [0, 0.05) is 17.8 Å². The Balaban J connectivity index is 1.73. The smallest absolute Gasteiger partial charge is 0.315 e. The van der Waals surface area contributed by atoms with E-state index in [0.29, 0.717) is 31.0 Å². The van der Waals surface area contributed by atoms with E-state index in [2.05, 4.69) is 22.5 Å². The average Bonchev–Trinajstić information content (AvgIpc) is 3.27. The fourth-order valence-electron chi connectivity index (χ4n) is 5.72. The molecule has 1 aliphatic heterocycles. The molecule has 0 radical (unpaired) electrons. The van der Waals surface area contributed by atoms with E-state index in [1.165, 1.54) is 0 Å². The van der Waals surface area contributed by atoms with Gasteiger partial charge in [0.25, 0.3) is 5.91 Å². The van der Waals surface area contributed by atoms with Gasteiger partial charge >= 0.3 is 6.03 Å². The van der Waals surface area contributed by atoms with E-state index in [1.807, 2.05) is 20.8 Å². The number of nitrogens with two attached hydrogens (primary N) is 1. The number of nitrogens with zero attached hydrogens (tertiary/aromatic N) is 1. The zero-order chi connectivity index (χ0) is 26.5. The molecule has 1 saturated heterocycles. The minimum atomic E-state index is -0.953. The maximum absolute atomic E-state index is 13.9. The normalized spacial score (nSPS) is 22.8. The second kappa shape index (κ2) is 12.1. The first-order valence-corrected chi connectivity index (χ1v) is 13.6. The summed E-state index contributed by atoms with van der Waals surface area (Å²) >= 11 is 0. The summed E-state index contributed by atoms with van der Waals surface area (Å²) in [4.78, 5) is 52.6. The molecule has 9 heteroatoms. The van der Waals surface area contributed by atoms with E-state index in [4.69, 9.17) is 5.73 Å². The van der Waals surface area contributed by atoms with E-state index in [1.54, 1.807) is 4.90 Å². The van der Waals surface area contributed by atoms with Crippen molar-refractivity contribution >= 4 is 23.6 Å². The van der Waals surface area contributed by atoms with Crippen molar-refractivity contribution in [3.05, 3.63) is 12.3 Å². The van der Waals surface area contributed by atoms with Crippen LogP contribution in [0.25, 0.3) is 0 Å². The maximum Gasteiger partial charge on any atom is 0.315 e. The van der Waals surface area contributed by atoms with Crippen molar-refractivity contribution in [1.82, 2.24) is 20.9 Å². The number of likely N-dealkylation sites (tertiary alicyclic amines) is 1. The van der Waals surface area contributed by atoms with Gasteiger partial charge in [-0.2, -0.15) is 0 Å². The molecule has 3 fully saturated rings. The van der Waals surface area contributed by atoms with Crippen LogP contribution in [0.5, 0.6) is 0 Å². The van der Waals surface area contributed by atoms with Gasteiger partial charge in [-0.3, -0.25) is 14.4 Å². The Kier molecular flexibility index (Phi) is 9.41. The molecule has 2 aliphatic carbocycles. The number of hydrogen-bond acceptors (Lipinski definition) is 5. The van der Waals surface area contributed by atoms with Crippen LogP contribution in [0.2, 0.25) is 0 Å². The molecule has 0 bridgehead atoms. The number of urea groups is 1. The Morgan fingerprint density at radius 3 is 2.17 bits per heavy atom. The van der Waals surface area contributed by atoms with E-state index in [-0.39, 0.29) is 23.9 Å². The minimum absolute atomic E-state index is 0.0854. The first kappa shape index (κ1) is 28.0. The topological polar surface area (TPSA) is 134 Å². The van der Waals surface area contributed by atoms with Crippen LogP contribution in [0.1, 0.15) is 91.4 Å². The zero-order valence-electron chi connectivity index (χ0n) is 22.2. The first-order valence-electron chi connectivity index (χ1n) is 13.6. The highest BCUT2D eigenvalue weighted by atomic mass is 16.2. The van der Waals surface area contributed by atoms with Gasteiger partial charge in [0.2, 0.25) is 11.7 Å². The number of carbonyl (C=O) groups excluding carboxylic acids is 4. The van der Waals surface area contributed by atoms with Crippen molar-refractivity contribution in [3.63, 3.8) is 0 Å². The van der Waals surface area contributed by atoms with Crippen LogP contribution in [-0.2, 0) is 14.4 Å². The standard InChI is InChI=1S/C27H45N5O4/c1-17(29-20(23(33)24(28)34)16-18-10-8-11-18)21-14-9-15-32(21)25(35)22(19-12-6-5-7-13-19)30-26(36)31-27(2,3)4/h18-22,29H,1,5-16H2,2-4H3,(H2,28,34)(H2,30,31,36). The third-order valence-corrected chi connectivity index (χ3v) is 7.81. The zero-order valence-corrected chi connectivity index (χ0v) is 22.2. The predicted octanol–water partition coefficient (Wildman–Crippen LogP) is 2.74. The number of rotatable bonds is 10. The second-order valence-corrected chi connectivity index (χ2v) is 11.9. The Labute approximate surface area is 215 Å². The van der Waals surface area contributed by atoms with Crippen molar-refractivity contribution in [1.29, 1.82) is 0 Å². The number of ketones is 1. The molecule has 3 aliphatic rings. The van der Waals surface area contributed by atoms with Crippen molar-refractivity contribution in [2.75, 3.05) is 6.54 Å². The Bertz CT molecular complexity index is 842. The SMILES string of the molecule is C=C(NC(CC1CCC1)C(=O)C(N)=O)C1CCCN1C(=O)C(NC(=O)NC(C)(C)C)C1CCCCC1. The van der Waals surface area contributed by atoms with Gasteiger partial charge in [-0.25, -0.2) is 4.79 Å². The first-order chi connectivity index (χ1) is 17.0. The van der Waals surface area contributed by atoms with Gasteiger partial charge < -0.3 is 26.6 Å². The van der Waals surface area contributed by atoms with Crippen LogP contribution in [0.4, 0.5) is 4.79 Å². The van der Waals surface area contributed by atoms with Gasteiger partial charge in [-0.1, -0.05) is 45.1 Å². The second-order valence-electron chi connectivity index (χ2n) is 11.9. The lowest BCUT2D eigenvalue weighted by Crippen LogP contribution is -2.58. The molecule has 0 spiro atoms. The molecule has 0 aromatic heterocycles. The molecule has 3 unspecified atom stereocenters. The fraction of sp³-hybridized carbons (Fsp3) is 0.778. The van der Waals surface area contributed by atoms with Crippen molar-refractivity contribution in [2.24, 2.45) is 17.6 Å². The summed E-state index contributed by atoms with van der Waals surface area (Å²) in [5.41, 5.74) is 5.46. The van der Waals surface area contributed by atoms with E-state index in [9.17, 15) is 19.2 Å². The summed E-state index contributed by atoms with van der Waals surface area (Å²) < 4.78 is 0. The summed E-state index contributed by atoms with van der Waals surface area (Å²) in [6.07, 6.45) is 10.3. The van der Waals surface area contributed by atoms with Crippen LogP contribution in [0.15, 0.2) is 12.3 Å². The Hall–Kier alpha value is -2.58. The van der Waals surface area contributed by atoms with Gasteiger partial charge in [-0.05, 0) is 64.7 Å². The largest absolute Gasteiger partial charge is 0.377 e. The van der Waals surface area contributed by atoms with E-state index >= 15 is 0 Å². The van der Waals surface area contributed by atoms with Gasteiger partial charge in [0.1, 0.15) is 6.04 Å². The fourth-order valence-corrected chi connectivity index (χ4v) is 5.72. The summed E-state index contributed by atoms with van der Waals surface area (Å²) in [7, 11) is 0. The third-order valence-electron chi connectivity index (χ3n) is 7.81. The van der Waals surface area contributed by atoms with Crippen LogP contribution < -0.4 is 21.7 Å². The van der Waals surface area contributed by atoms with Crippen LogP contribution in [0.3, 0.4) is 0 Å². The number of nitrogens with one attached hydrogen (secondary N) is 3. The molecular formula is C27H45N5O4. The quantitative estimate of drug-likeness (QED) is 0.340. The summed E-state index contributed by atoms with van der Waals surface area (Å²) in [6.45, 7) is 10.5. The molecule has 0 aromatic carbocycles. The van der Waals surface area contributed by atoms with Crippen LogP contribution >= 0.6 is 0 Å². The number of carbonyl (C=O) groups is 4. The van der Waals surface area contributed by atoms with E-state index in [0.717, 1.165) is 57.8 Å². The lowest BCUT2D eigenvalue weighted by molar-refractivity contribution is -0.137. The van der Waals surface area contributed by atoms with Crippen molar-refractivity contribution in [2.45, 2.75) is 115 Å².